The third-order valence-corrected chi connectivity index (χ3v) is 6.62. The van der Waals surface area contributed by atoms with Crippen LogP contribution in [0.1, 0.15) is 44.7 Å². The molecule has 170 valence electrons. The van der Waals surface area contributed by atoms with Gasteiger partial charge in [-0.05, 0) is 44.4 Å². The molecule has 1 aromatic carbocycles. The van der Waals surface area contributed by atoms with Gasteiger partial charge in [0.1, 0.15) is 5.82 Å². The van der Waals surface area contributed by atoms with Gasteiger partial charge in [0.25, 0.3) is 0 Å². The van der Waals surface area contributed by atoms with Crippen molar-refractivity contribution in [2.24, 2.45) is 5.92 Å². The van der Waals surface area contributed by atoms with E-state index in [1.54, 1.807) is 25.1 Å². The Kier molecular flexibility index (Phi) is 8.69. The standard InChI is InChI=1S/C24H33FN2O3S/c1-3-26(16-22(28)30-4-2)13-11-18-15-27(14-12-21(18)31)23(24(29)17-9-10-17)19-7-5-6-8-20(19)25/h5-8,11,17,21,23,31H,3-4,9-10,12-16H2,1-2H3/b18-11-. The van der Waals surface area contributed by atoms with Crippen LogP contribution in [0.15, 0.2) is 35.9 Å². The molecule has 0 N–H and O–H groups in total. The smallest absolute Gasteiger partial charge is 0.320 e. The number of nitrogens with zero attached hydrogens (tertiary/aromatic N) is 2. The van der Waals surface area contributed by atoms with Crippen molar-refractivity contribution in [1.29, 1.82) is 0 Å². The fourth-order valence-corrected chi connectivity index (χ4v) is 4.37. The number of piperidine rings is 1. The minimum absolute atomic E-state index is 0.0471. The predicted molar refractivity (Wildman–Crippen MR) is 123 cm³/mol. The van der Waals surface area contributed by atoms with E-state index in [2.05, 4.69) is 11.0 Å². The van der Waals surface area contributed by atoms with Crippen molar-refractivity contribution in [3.8, 4) is 0 Å². The van der Waals surface area contributed by atoms with Gasteiger partial charge in [0, 0.05) is 36.4 Å². The van der Waals surface area contributed by atoms with Gasteiger partial charge in [-0.2, -0.15) is 12.6 Å². The van der Waals surface area contributed by atoms with Gasteiger partial charge in [0.05, 0.1) is 19.2 Å². The largest absolute Gasteiger partial charge is 0.465 e. The number of likely N-dealkylation sites (N-methyl/N-ethyl adjacent to an activating group) is 1. The van der Waals surface area contributed by atoms with Crippen molar-refractivity contribution in [1.82, 2.24) is 9.80 Å². The molecule has 1 saturated heterocycles. The molecule has 1 aliphatic heterocycles. The summed E-state index contributed by atoms with van der Waals surface area (Å²) in [5, 5.41) is 0.0925. The fraction of sp³-hybridized carbons (Fsp3) is 0.583. The van der Waals surface area contributed by atoms with E-state index in [9.17, 15) is 14.0 Å². The lowest BCUT2D eigenvalue weighted by Gasteiger charge is -2.38. The number of Topliss-reactive ketones (excluding diaryl/α,β-unsaturated/α-hetero) is 1. The maximum atomic E-state index is 14.6. The molecule has 3 rings (SSSR count). The van der Waals surface area contributed by atoms with Gasteiger partial charge in [-0.25, -0.2) is 4.39 Å². The summed E-state index contributed by atoms with van der Waals surface area (Å²) < 4.78 is 19.7. The molecule has 0 bridgehead atoms. The van der Waals surface area contributed by atoms with E-state index in [0.29, 0.717) is 31.8 Å². The summed E-state index contributed by atoms with van der Waals surface area (Å²) in [4.78, 5) is 29.1. The molecule has 0 amide bonds. The quantitative estimate of drug-likeness (QED) is 0.336. The Morgan fingerprint density at radius 1 is 1.29 bits per heavy atom. The van der Waals surface area contributed by atoms with Crippen LogP contribution in [-0.4, -0.2) is 66.1 Å². The third kappa shape index (κ3) is 6.40. The van der Waals surface area contributed by atoms with Crippen molar-refractivity contribution in [2.75, 3.05) is 39.3 Å². The van der Waals surface area contributed by atoms with Crippen molar-refractivity contribution < 1.29 is 18.7 Å². The van der Waals surface area contributed by atoms with Crippen LogP contribution < -0.4 is 0 Å². The Morgan fingerprint density at radius 2 is 2.03 bits per heavy atom. The first-order valence-electron chi connectivity index (χ1n) is 11.2. The summed E-state index contributed by atoms with van der Waals surface area (Å²) in [5.41, 5.74) is 1.58. The van der Waals surface area contributed by atoms with E-state index in [0.717, 1.165) is 31.4 Å². The molecule has 0 spiro atoms. The van der Waals surface area contributed by atoms with Gasteiger partial charge in [0.2, 0.25) is 0 Å². The van der Waals surface area contributed by atoms with Crippen LogP contribution in [0.25, 0.3) is 0 Å². The predicted octanol–water partition coefficient (Wildman–Crippen LogP) is 3.66. The van der Waals surface area contributed by atoms with Gasteiger partial charge in [-0.15, -0.1) is 0 Å². The molecule has 2 fully saturated rings. The Bertz CT molecular complexity index is 812. The van der Waals surface area contributed by atoms with Gasteiger partial charge < -0.3 is 4.74 Å². The summed E-state index contributed by atoms with van der Waals surface area (Å²) in [6.45, 7) is 7.02. The molecular weight excluding hydrogens is 415 g/mol. The zero-order chi connectivity index (χ0) is 22.4. The van der Waals surface area contributed by atoms with Gasteiger partial charge in [-0.1, -0.05) is 31.2 Å². The number of hydrogen-bond acceptors (Lipinski definition) is 6. The molecule has 0 radical (unpaired) electrons. The second-order valence-electron chi connectivity index (χ2n) is 8.29. The normalized spacial score (nSPS) is 22.0. The average molecular weight is 449 g/mol. The number of carbonyl (C=O) groups is 2. The molecule has 1 aliphatic carbocycles. The second kappa shape index (κ2) is 11.2. The summed E-state index contributed by atoms with van der Waals surface area (Å²) in [6, 6.07) is 6.06. The number of likely N-dealkylation sites (tertiary alicyclic amines) is 1. The van der Waals surface area contributed by atoms with Crippen LogP contribution in [0.5, 0.6) is 0 Å². The first-order valence-corrected chi connectivity index (χ1v) is 11.7. The van der Waals surface area contributed by atoms with Crippen LogP contribution in [0, 0.1) is 11.7 Å². The Labute approximate surface area is 190 Å². The average Bonchev–Trinajstić information content (AvgIpc) is 3.60. The monoisotopic (exact) mass is 448 g/mol. The Hall–Kier alpha value is -1.70. The molecular formula is C24H33FN2O3S. The highest BCUT2D eigenvalue weighted by Crippen LogP contribution is 2.39. The molecule has 5 nitrogen and oxygen atoms in total. The van der Waals surface area contributed by atoms with E-state index in [1.807, 2.05) is 11.8 Å². The highest BCUT2D eigenvalue weighted by molar-refractivity contribution is 7.81. The first kappa shape index (κ1) is 24.0. The number of halogens is 1. The van der Waals surface area contributed by atoms with E-state index in [-0.39, 0.29) is 35.3 Å². The van der Waals surface area contributed by atoms with E-state index >= 15 is 0 Å². The van der Waals surface area contributed by atoms with Crippen LogP contribution in [0.4, 0.5) is 4.39 Å². The van der Waals surface area contributed by atoms with Crippen LogP contribution >= 0.6 is 12.6 Å². The summed E-state index contributed by atoms with van der Waals surface area (Å²) in [5.74, 6) is -0.387. The number of ketones is 1. The lowest BCUT2D eigenvalue weighted by Crippen LogP contribution is -2.43. The van der Waals surface area contributed by atoms with E-state index in [4.69, 9.17) is 17.4 Å². The maximum Gasteiger partial charge on any atom is 0.320 e. The molecule has 31 heavy (non-hydrogen) atoms. The van der Waals surface area contributed by atoms with E-state index < -0.39 is 6.04 Å². The number of carbonyl (C=O) groups excluding carboxylic acids is 2. The molecule has 1 aromatic rings. The van der Waals surface area contributed by atoms with Crippen molar-refractivity contribution >= 4 is 24.4 Å². The molecule has 1 heterocycles. The summed E-state index contributed by atoms with van der Waals surface area (Å²) in [7, 11) is 0. The molecule has 2 aliphatic rings. The minimum atomic E-state index is -0.556. The fourth-order valence-electron chi connectivity index (χ4n) is 4.07. The molecule has 0 aromatic heterocycles. The number of esters is 1. The van der Waals surface area contributed by atoms with Crippen molar-refractivity contribution in [3.63, 3.8) is 0 Å². The van der Waals surface area contributed by atoms with Crippen LogP contribution in [0.3, 0.4) is 0 Å². The number of benzene rings is 1. The Morgan fingerprint density at radius 3 is 2.68 bits per heavy atom. The molecule has 2 unspecified atom stereocenters. The lowest BCUT2D eigenvalue weighted by atomic mass is 9.93. The van der Waals surface area contributed by atoms with Crippen LogP contribution in [0.2, 0.25) is 0 Å². The number of rotatable bonds is 10. The Balaban J connectivity index is 1.75. The number of thiol groups is 1. The highest BCUT2D eigenvalue weighted by Gasteiger charge is 2.40. The summed E-state index contributed by atoms with van der Waals surface area (Å²) >= 11 is 4.75. The second-order valence-corrected chi connectivity index (χ2v) is 8.91. The van der Waals surface area contributed by atoms with Crippen LogP contribution in [-0.2, 0) is 14.3 Å². The van der Waals surface area contributed by atoms with Crippen molar-refractivity contribution in [2.45, 2.75) is 44.4 Å². The number of ether oxygens (including phenoxy) is 1. The molecule has 1 saturated carbocycles. The maximum absolute atomic E-state index is 14.6. The minimum Gasteiger partial charge on any atom is -0.465 e. The summed E-state index contributed by atoms with van der Waals surface area (Å²) in [6.07, 6.45) is 4.69. The molecule has 2 atom stereocenters. The topological polar surface area (TPSA) is 49.9 Å². The third-order valence-electron chi connectivity index (χ3n) is 6.03. The molecule has 7 heteroatoms. The number of hydrogen-bond donors (Lipinski definition) is 1. The lowest BCUT2D eigenvalue weighted by molar-refractivity contribution is -0.144. The zero-order valence-electron chi connectivity index (χ0n) is 18.4. The van der Waals surface area contributed by atoms with Gasteiger partial charge in [-0.3, -0.25) is 19.4 Å². The highest BCUT2D eigenvalue weighted by atomic mass is 32.1. The van der Waals surface area contributed by atoms with Gasteiger partial charge >= 0.3 is 5.97 Å². The van der Waals surface area contributed by atoms with Gasteiger partial charge in [0.15, 0.2) is 5.78 Å². The zero-order valence-corrected chi connectivity index (χ0v) is 19.3. The SMILES string of the molecule is CCOC(=O)CN(CC)C/C=C1/CN(C(C(=O)C2CC2)c2ccccc2F)CCC1S. The first-order chi connectivity index (χ1) is 14.9. The van der Waals surface area contributed by atoms with Crippen molar-refractivity contribution in [3.05, 3.63) is 47.3 Å². The van der Waals surface area contributed by atoms with E-state index in [1.165, 1.54) is 6.07 Å².